The number of hydrogen-bond acceptors (Lipinski definition) is 4. The maximum absolute atomic E-state index is 12.2. The lowest BCUT2D eigenvalue weighted by molar-refractivity contribution is 0.262. The van der Waals surface area contributed by atoms with Crippen LogP contribution in [0.1, 0.15) is 5.56 Å². The van der Waals surface area contributed by atoms with Crippen molar-refractivity contribution in [3.8, 4) is 5.75 Å². The van der Waals surface area contributed by atoms with Crippen molar-refractivity contribution in [3.63, 3.8) is 0 Å². The topological polar surface area (TPSA) is 87.7 Å². The van der Waals surface area contributed by atoms with E-state index in [1.165, 1.54) is 17.7 Å². The lowest BCUT2D eigenvalue weighted by Crippen LogP contribution is -2.27. The Bertz CT molecular complexity index is 962. The largest absolute Gasteiger partial charge is 0.495 e. The van der Waals surface area contributed by atoms with Gasteiger partial charge in [0, 0.05) is 17.9 Å². The molecule has 0 unspecified atom stereocenters. The number of hydrogen-bond donors (Lipinski definition) is 2. The summed E-state index contributed by atoms with van der Waals surface area (Å²) < 4.78 is 30.0. The van der Waals surface area contributed by atoms with Crippen LogP contribution in [0.3, 0.4) is 0 Å². The number of fused-ring (bicyclic) bond motifs is 1. The van der Waals surface area contributed by atoms with E-state index < -0.39 is 16.1 Å². The number of ether oxygens (including phenoxy) is 1. The van der Waals surface area contributed by atoms with Crippen LogP contribution in [0.4, 0.5) is 21.9 Å². The third-order valence-corrected chi connectivity index (χ3v) is 5.48. The maximum Gasteiger partial charge on any atom is 0.323 e. The number of halogens is 1. The molecule has 0 fully saturated rings. The van der Waals surface area contributed by atoms with Gasteiger partial charge in [0.1, 0.15) is 5.75 Å². The van der Waals surface area contributed by atoms with Crippen molar-refractivity contribution in [1.29, 1.82) is 0 Å². The summed E-state index contributed by atoms with van der Waals surface area (Å²) in [6, 6.07) is 9.65. The van der Waals surface area contributed by atoms with E-state index in [-0.39, 0.29) is 0 Å². The van der Waals surface area contributed by atoms with Crippen molar-refractivity contribution in [2.45, 2.75) is 6.42 Å². The molecule has 26 heavy (non-hydrogen) atoms. The van der Waals surface area contributed by atoms with E-state index in [0.717, 1.165) is 5.56 Å². The summed E-state index contributed by atoms with van der Waals surface area (Å²) in [5.74, 6) is 0.520. The lowest BCUT2D eigenvalue weighted by Gasteiger charge is -2.16. The average Bonchev–Trinajstić information content (AvgIpc) is 2.98. The molecule has 0 bridgehead atoms. The number of urea groups is 1. The number of rotatable bonds is 4. The minimum Gasteiger partial charge on any atom is -0.495 e. The molecule has 3 rings (SSSR count). The molecule has 0 aromatic heterocycles. The molecule has 2 aromatic carbocycles. The molecule has 2 N–H and O–H groups in total. The van der Waals surface area contributed by atoms with Crippen molar-refractivity contribution in [2.24, 2.45) is 0 Å². The minimum absolute atomic E-state index is 0.392. The van der Waals surface area contributed by atoms with Gasteiger partial charge < -0.3 is 15.4 Å². The Balaban J connectivity index is 1.70. The molecule has 0 atom stereocenters. The molecule has 0 aliphatic carbocycles. The van der Waals surface area contributed by atoms with E-state index in [9.17, 15) is 13.2 Å². The summed E-state index contributed by atoms with van der Waals surface area (Å²) >= 11 is 6.04. The maximum atomic E-state index is 12.2. The quantitative estimate of drug-likeness (QED) is 0.831. The highest BCUT2D eigenvalue weighted by molar-refractivity contribution is 7.92. The summed E-state index contributed by atoms with van der Waals surface area (Å²) in [5.41, 5.74) is 2.63. The molecule has 0 spiro atoms. The molecule has 2 amide bonds. The Morgan fingerprint density at radius 2 is 1.81 bits per heavy atom. The van der Waals surface area contributed by atoms with Gasteiger partial charge in [-0.25, -0.2) is 13.2 Å². The minimum atomic E-state index is -3.29. The van der Waals surface area contributed by atoms with Gasteiger partial charge in [0.15, 0.2) is 0 Å². The van der Waals surface area contributed by atoms with Crippen LogP contribution in [0.5, 0.6) is 5.75 Å². The van der Waals surface area contributed by atoms with Gasteiger partial charge in [0.05, 0.1) is 24.1 Å². The number of carbonyl (C=O) groups is 1. The summed E-state index contributed by atoms with van der Waals surface area (Å²) in [6.45, 7) is 0.411. The fraction of sp³-hybridized carbons (Fsp3) is 0.235. The van der Waals surface area contributed by atoms with E-state index in [4.69, 9.17) is 16.3 Å². The number of anilines is 3. The second kappa shape index (κ2) is 7.05. The fourth-order valence-electron chi connectivity index (χ4n) is 2.83. The summed E-state index contributed by atoms with van der Waals surface area (Å²) in [7, 11) is -1.78. The summed E-state index contributed by atoms with van der Waals surface area (Å²) in [5, 5.41) is 5.81. The Morgan fingerprint density at radius 1 is 1.15 bits per heavy atom. The first-order chi connectivity index (χ1) is 12.3. The number of sulfonamides is 1. The molecule has 0 radical (unpaired) electrons. The van der Waals surface area contributed by atoms with Crippen LogP contribution in [0.2, 0.25) is 5.02 Å². The molecule has 2 aromatic rings. The first-order valence-electron chi connectivity index (χ1n) is 7.80. The Morgan fingerprint density at radius 3 is 2.42 bits per heavy atom. The number of nitrogens with zero attached hydrogens (tertiary/aromatic N) is 1. The van der Waals surface area contributed by atoms with Crippen LogP contribution < -0.4 is 19.7 Å². The Labute approximate surface area is 157 Å². The predicted molar refractivity (Wildman–Crippen MR) is 103 cm³/mol. The van der Waals surface area contributed by atoms with Crippen molar-refractivity contribution in [2.75, 3.05) is 34.8 Å². The van der Waals surface area contributed by atoms with Crippen LogP contribution in [-0.4, -0.2) is 34.4 Å². The molecular formula is C17H18ClN3O4S. The van der Waals surface area contributed by atoms with Crippen molar-refractivity contribution in [1.82, 2.24) is 0 Å². The highest BCUT2D eigenvalue weighted by Crippen LogP contribution is 2.32. The zero-order chi connectivity index (χ0) is 18.9. The number of carbonyl (C=O) groups excluding carboxylic acids is 1. The predicted octanol–water partition coefficient (Wildman–Crippen LogP) is 3.31. The van der Waals surface area contributed by atoms with Gasteiger partial charge in [-0.3, -0.25) is 4.31 Å². The molecule has 0 saturated heterocycles. The number of nitrogens with one attached hydrogen (secondary N) is 2. The second-order valence-electron chi connectivity index (χ2n) is 5.86. The highest BCUT2D eigenvalue weighted by atomic mass is 35.5. The van der Waals surface area contributed by atoms with E-state index in [2.05, 4.69) is 10.6 Å². The van der Waals surface area contributed by atoms with Crippen LogP contribution >= 0.6 is 11.6 Å². The van der Waals surface area contributed by atoms with E-state index in [1.807, 2.05) is 0 Å². The van der Waals surface area contributed by atoms with Crippen molar-refractivity contribution in [3.05, 3.63) is 47.0 Å². The molecule has 138 valence electrons. The Kier molecular flexibility index (Phi) is 4.97. The lowest BCUT2D eigenvalue weighted by atomic mass is 10.1. The normalized spacial score (nSPS) is 13.3. The third kappa shape index (κ3) is 3.86. The molecule has 0 saturated carbocycles. The van der Waals surface area contributed by atoms with E-state index in [1.54, 1.807) is 36.4 Å². The van der Waals surface area contributed by atoms with Crippen LogP contribution in [0.25, 0.3) is 0 Å². The number of methoxy groups -OCH3 is 1. The molecule has 1 aliphatic rings. The molecule has 1 aliphatic heterocycles. The first-order valence-corrected chi connectivity index (χ1v) is 10.0. The smallest absolute Gasteiger partial charge is 0.323 e. The van der Waals surface area contributed by atoms with Gasteiger partial charge in [0.2, 0.25) is 10.0 Å². The first kappa shape index (κ1) is 18.3. The van der Waals surface area contributed by atoms with Gasteiger partial charge in [-0.1, -0.05) is 11.6 Å². The molecular weight excluding hydrogens is 378 g/mol. The van der Waals surface area contributed by atoms with E-state index in [0.29, 0.717) is 40.8 Å². The van der Waals surface area contributed by atoms with Crippen molar-refractivity contribution >= 4 is 44.7 Å². The van der Waals surface area contributed by atoms with Gasteiger partial charge in [-0.15, -0.1) is 0 Å². The van der Waals surface area contributed by atoms with Gasteiger partial charge in [-0.2, -0.15) is 0 Å². The zero-order valence-electron chi connectivity index (χ0n) is 14.2. The molecule has 1 heterocycles. The monoisotopic (exact) mass is 395 g/mol. The SMILES string of the molecule is COc1ccc(NC(=O)Nc2ccc3c(c2)CCN3S(C)(=O)=O)cc1Cl. The second-order valence-corrected chi connectivity index (χ2v) is 8.17. The highest BCUT2D eigenvalue weighted by Gasteiger charge is 2.26. The van der Waals surface area contributed by atoms with Crippen molar-refractivity contribution < 1.29 is 17.9 Å². The molecule has 7 nitrogen and oxygen atoms in total. The van der Waals surface area contributed by atoms with Gasteiger partial charge in [0.25, 0.3) is 0 Å². The summed E-state index contributed by atoms with van der Waals surface area (Å²) in [6.07, 6.45) is 1.79. The molecule has 9 heteroatoms. The van der Waals surface area contributed by atoms with Crippen LogP contribution in [-0.2, 0) is 16.4 Å². The fourth-order valence-corrected chi connectivity index (χ4v) is 4.05. The van der Waals surface area contributed by atoms with Gasteiger partial charge in [-0.05, 0) is 48.4 Å². The average molecular weight is 396 g/mol. The number of amides is 2. The zero-order valence-corrected chi connectivity index (χ0v) is 15.8. The van der Waals surface area contributed by atoms with Crippen LogP contribution in [0.15, 0.2) is 36.4 Å². The summed E-state index contributed by atoms with van der Waals surface area (Å²) in [4.78, 5) is 12.2. The Hall–Kier alpha value is -2.45. The third-order valence-electron chi connectivity index (χ3n) is 4.00. The van der Waals surface area contributed by atoms with E-state index >= 15 is 0 Å². The van der Waals surface area contributed by atoms with Crippen LogP contribution in [0, 0.1) is 0 Å². The number of benzene rings is 2. The standard InChI is InChI=1S/C17H18ClN3O4S/c1-25-16-6-4-13(10-14(16)18)20-17(22)19-12-3-5-15-11(9-12)7-8-21(15)26(2,23)24/h3-6,9-10H,7-8H2,1-2H3,(H2,19,20,22). The van der Waals surface area contributed by atoms with Gasteiger partial charge >= 0.3 is 6.03 Å².